The van der Waals surface area contributed by atoms with Gasteiger partial charge in [-0.2, -0.15) is 0 Å². The molecule has 0 unspecified atom stereocenters. The largest absolute Gasteiger partial charge is 0.354 e. The molecule has 3 aromatic carbocycles. The van der Waals surface area contributed by atoms with Crippen molar-refractivity contribution in [3.8, 4) is 0 Å². The van der Waals surface area contributed by atoms with Crippen molar-refractivity contribution >= 4 is 68.3 Å². The van der Waals surface area contributed by atoms with E-state index in [1.165, 1.54) is 0 Å². The number of amides is 1. The van der Waals surface area contributed by atoms with E-state index in [1.54, 1.807) is 6.92 Å². The number of rotatable bonds is 1. The molecule has 5 nitrogen and oxygen atoms in total. The quantitative estimate of drug-likeness (QED) is 0.209. The number of carbonyl (C=O) groups excluding carboxylic acids is 2. The first-order chi connectivity index (χ1) is 16.5. The molecule has 5 rings (SSSR count). The number of benzene rings is 3. The fourth-order valence-electron chi connectivity index (χ4n) is 4.21. The average molecular weight is 530 g/mol. The molecule has 0 saturated carbocycles. The Balaban J connectivity index is 0.000000277. The van der Waals surface area contributed by atoms with Gasteiger partial charge in [-0.1, -0.05) is 64.1 Å². The molecule has 8 heteroatoms. The number of hydrogen-bond donors (Lipinski definition) is 2. The first-order valence-electron chi connectivity index (χ1n) is 11.1. The average Bonchev–Trinajstić information content (AvgIpc) is 2.80. The van der Waals surface area contributed by atoms with Crippen LogP contribution in [0.15, 0.2) is 53.3 Å². The summed E-state index contributed by atoms with van der Waals surface area (Å²) in [6, 6.07) is 15.6. The molecule has 35 heavy (non-hydrogen) atoms. The second kappa shape index (κ2) is 9.65. The summed E-state index contributed by atoms with van der Waals surface area (Å²) in [4.78, 5) is 39.9. The SMILES string of the molecule is CCNC(=O)C(Cl)(Cl)Cl.Cc1ccc2c(c1)C(=O)c1cc3[nH]c4ccc(C)cc4c(=O)c3cc1C2. The van der Waals surface area contributed by atoms with Crippen molar-refractivity contribution in [2.24, 2.45) is 0 Å². The Morgan fingerprint density at radius 3 is 2.17 bits per heavy atom. The van der Waals surface area contributed by atoms with Crippen LogP contribution < -0.4 is 10.7 Å². The molecule has 180 valence electrons. The maximum absolute atomic E-state index is 13.0. The number of hydrogen-bond acceptors (Lipinski definition) is 3. The summed E-state index contributed by atoms with van der Waals surface area (Å²) >= 11 is 15.5. The first kappa shape index (κ1) is 25.2. The summed E-state index contributed by atoms with van der Waals surface area (Å²) in [5, 5.41) is 3.68. The number of carbonyl (C=O) groups is 2. The second-order valence-corrected chi connectivity index (χ2v) is 10.9. The number of H-pyrrole nitrogens is 1. The Hall–Kier alpha value is -2.86. The number of aromatic nitrogens is 1. The van der Waals surface area contributed by atoms with Crippen LogP contribution in [0.3, 0.4) is 0 Å². The van der Waals surface area contributed by atoms with Gasteiger partial charge in [-0.25, -0.2) is 0 Å². The number of aryl methyl sites for hydroxylation is 2. The predicted octanol–water partition coefficient (Wildman–Crippen LogP) is 5.93. The third kappa shape index (κ3) is 5.08. The molecule has 0 bridgehead atoms. The van der Waals surface area contributed by atoms with E-state index in [9.17, 15) is 14.4 Å². The van der Waals surface area contributed by atoms with Crippen molar-refractivity contribution in [1.82, 2.24) is 10.3 Å². The Kier molecular flexibility index (Phi) is 6.96. The summed E-state index contributed by atoms with van der Waals surface area (Å²) in [5.74, 6) is -0.549. The van der Waals surface area contributed by atoms with E-state index in [2.05, 4.69) is 10.3 Å². The number of fused-ring (bicyclic) bond motifs is 4. The van der Waals surface area contributed by atoms with Gasteiger partial charge in [0.1, 0.15) is 0 Å². The van der Waals surface area contributed by atoms with Gasteiger partial charge in [0.15, 0.2) is 11.2 Å². The van der Waals surface area contributed by atoms with Crippen molar-refractivity contribution in [2.45, 2.75) is 31.0 Å². The van der Waals surface area contributed by atoms with Gasteiger partial charge < -0.3 is 10.3 Å². The smallest absolute Gasteiger partial charge is 0.272 e. The summed E-state index contributed by atoms with van der Waals surface area (Å²) < 4.78 is -1.82. The van der Waals surface area contributed by atoms with Gasteiger partial charge in [0.25, 0.3) is 9.70 Å². The van der Waals surface area contributed by atoms with Crippen LogP contribution in [0.2, 0.25) is 0 Å². The molecule has 0 fully saturated rings. The van der Waals surface area contributed by atoms with Gasteiger partial charge in [-0.15, -0.1) is 0 Å². The van der Waals surface area contributed by atoms with Crippen molar-refractivity contribution < 1.29 is 9.59 Å². The third-order valence-corrected chi connectivity index (χ3v) is 6.42. The molecule has 0 aliphatic heterocycles. The Labute approximate surface area is 217 Å². The van der Waals surface area contributed by atoms with Gasteiger partial charge in [-0.3, -0.25) is 14.4 Å². The number of aromatic amines is 1. The van der Waals surface area contributed by atoms with Crippen LogP contribution in [0.5, 0.6) is 0 Å². The molecule has 0 spiro atoms. The van der Waals surface area contributed by atoms with Gasteiger partial charge >= 0.3 is 0 Å². The molecule has 1 aliphatic rings. The number of ketones is 1. The highest BCUT2D eigenvalue weighted by Crippen LogP contribution is 2.30. The zero-order chi connectivity index (χ0) is 25.5. The maximum atomic E-state index is 13.0. The molecule has 1 amide bonds. The molecule has 0 radical (unpaired) electrons. The lowest BCUT2D eigenvalue weighted by Gasteiger charge is -2.19. The Morgan fingerprint density at radius 2 is 1.51 bits per heavy atom. The van der Waals surface area contributed by atoms with Crippen molar-refractivity contribution in [2.75, 3.05) is 6.54 Å². The lowest BCUT2D eigenvalue weighted by Crippen LogP contribution is -2.34. The Morgan fingerprint density at radius 1 is 0.886 bits per heavy atom. The van der Waals surface area contributed by atoms with E-state index < -0.39 is 9.70 Å². The number of pyridine rings is 1. The summed E-state index contributed by atoms with van der Waals surface area (Å²) in [7, 11) is 0. The number of alkyl halides is 3. The highest BCUT2D eigenvalue weighted by Gasteiger charge is 2.29. The van der Waals surface area contributed by atoms with Gasteiger partial charge in [0.05, 0.1) is 5.52 Å². The summed E-state index contributed by atoms with van der Waals surface area (Å²) in [6.45, 7) is 6.18. The molecule has 1 aliphatic carbocycles. The Bertz CT molecular complexity index is 1550. The van der Waals surface area contributed by atoms with Gasteiger partial charge in [0, 0.05) is 34.0 Å². The van der Waals surface area contributed by atoms with E-state index in [4.69, 9.17) is 34.8 Å². The lowest BCUT2D eigenvalue weighted by molar-refractivity contribution is -0.120. The molecular weight excluding hydrogens is 507 g/mol. The highest BCUT2D eigenvalue weighted by molar-refractivity contribution is 6.76. The van der Waals surface area contributed by atoms with Crippen LogP contribution >= 0.6 is 34.8 Å². The van der Waals surface area contributed by atoms with Crippen LogP contribution in [0, 0.1) is 13.8 Å². The molecule has 4 aromatic rings. The summed E-state index contributed by atoms with van der Waals surface area (Å²) in [5.41, 5.74) is 7.09. The van der Waals surface area contributed by atoms with Crippen LogP contribution in [-0.4, -0.2) is 27.0 Å². The molecule has 2 N–H and O–H groups in total. The fourth-order valence-corrected chi connectivity index (χ4v) is 4.41. The topological polar surface area (TPSA) is 79.0 Å². The number of nitrogens with one attached hydrogen (secondary N) is 2. The van der Waals surface area contributed by atoms with Crippen molar-refractivity contribution in [3.63, 3.8) is 0 Å². The van der Waals surface area contributed by atoms with Crippen LogP contribution in [0.4, 0.5) is 0 Å². The minimum absolute atomic E-state index is 0.0161. The minimum Gasteiger partial charge on any atom is -0.354 e. The van der Waals surface area contributed by atoms with Crippen LogP contribution in [-0.2, 0) is 11.2 Å². The number of halogens is 3. The van der Waals surface area contributed by atoms with E-state index >= 15 is 0 Å². The van der Waals surface area contributed by atoms with E-state index in [0.717, 1.165) is 38.9 Å². The van der Waals surface area contributed by atoms with E-state index in [-0.39, 0.29) is 11.2 Å². The van der Waals surface area contributed by atoms with Crippen molar-refractivity contribution in [1.29, 1.82) is 0 Å². The summed E-state index contributed by atoms with van der Waals surface area (Å²) in [6.07, 6.45) is 0.678. The minimum atomic E-state index is -1.82. The van der Waals surface area contributed by atoms with E-state index in [1.807, 2.05) is 62.4 Å². The van der Waals surface area contributed by atoms with Crippen LogP contribution in [0.25, 0.3) is 21.8 Å². The predicted molar refractivity (Wildman–Crippen MR) is 143 cm³/mol. The van der Waals surface area contributed by atoms with Gasteiger partial charge in [-0.05, 0) is 68.7 Å². The van der Waals surface area contributed by atoms with Crippen LogP contribution in [0.1, 0.15) is 45.1 Å². The molecule has 0 atom stereocenters. The molecule has 0 saturated heterocycles. The second-order valence-electron chi connectivity index (χ2n) is 8.58. The van der Waals surface area contributed by atoms with E-state index in [0.29, 0.717) is 29.3 Å². The molecular formula is C27H23Cl3N2O3. The lowest BCUT2D eigenvalue weighted by atomic mass is 9.83. The zero-order valence-corrected chi connectivity index (χ0v) is 21.7. The maximum Gasteiger partial charge on any atom is 0.272 e. The van der Waals surface area contributed by atoms with Gasteiger partial charge in [0.2, 0.25) is 0 Å². The normalized spacial score (nSPS) is 12.6. The molecule has 1 aromatic heterocycles. The monoisotopic (exact) mass is 528 g/mol. The first-order valence-corrected chi connectivity index (χ1v) is 12.2. The van der Waals surface area contributed by atoms with Crippen molar-refractivity contribution in [3.05, 3.63) is 92.1 Å². The third-order valence-electron chi connectivity index (χ3n) is 5.91. The molecule has 1 heterocycles. The fraction of sp³-hybridized carbons (Fsp3) is 0.222. The standard InChI is InChI=1S/C23H17NO2.C4H6Cl3NO/c1-12-3-5-14-9-15-10-19-21(11-17(15)22(25)16(14)7-12)24-20-6-4-13(2)8-18(20)23(19)26;1-2-8-3(9)4(5,6)7/h3-8,10-11H,9H2,1-2H3,(H,24,26);2H2,1H3,(H,8,9). The zero-order valence-electron chi connectivity index (χ0n) is 19.4. The highest BCUT2D eigenvalue weighted by atomic mass is 35.6.